The van der Waals surface area contributed by atoms with Gasteiger partial charge < -0.3 is 18.9 Å². The lowest BCUT2D eigenvalue weighted by atomic mass is 9.62. The van der Waals surface area contributed by atoms with Crippen LogP contribution in [0.1, 0.15) is 66.7 Å². The van der Waals surface area contributed by atoms with Crippen molar-refractivity contribution in [3.8, 4) is 0 Å². The average molecular weight is 447 g/mol. The molecule has 0 aromatic rings. The first-order valence-corrected chi connectivity index (χ1v) is 12.1. The smallest absolute Gasteiger partial charge is 0.313 e. The van der Waals surface area contributed by atoms with E-state index in [9.17, 15) is 14.4 Å². The van der Waals surface area contributed by atoms with Gasteiger partial charge >= 0.3 is 17.9 Å². The van der Waals surface area contributed by atoms with E-state index < -0.39 is 23.2 Å². The van der Waals surface area contributed by atoms with Crippen LogP contribution in [0.25, 0.3) is 0 Å². The third-order valence-electron chi connectivity index (χ3n) is 8.99. The second kappa shape index (κ2) is 7.22. The van der Waals surface area contributed by atoms with E-state index in [0.29, 0.717) is 19.3 Å². The molecule has 5 rings (SSSR count). The second-order valence-electron chi connectivity index (χ2n) is 11.1. The molecule has 176 valence electrons. The van der Waals surface area contributed by atoms with Crippen LogP contribution in [0.15, 0.2) is 11.8 Å². The highest BCUT2D eigenvalue weighted by Gasteiger charge is 2.80. The first-order valence-electron chi connectivity index (χ1n) is 12.1. The second-order valence-corrected chi connectivity index (χ2v) is 11.1. The van der Waals surface area contributed by atoms with E-state index in [2.05, 4.69) is 0 Å². The number of esters is 3. The molecule has 0 N–H and O–H groups in total. The van der Waals surface area contributed by atoms with Gasteiger partial charge in [-0.3, -0.25) is 14.4 Å². The molecule has 0 aromatic carbocycles. The fourth-order valence-corrected chi connectivity index (χ4v) is 7.37. The van der Waals surface area contributed by atoms with Gasteiger partial charge in [0.15, 0.2) is 0 Å². The zero-order chi connectivity index (χ0) is 23.0. The van der Waals surface area contributed by atoms with Crippen molar-refractivity contribution >= 4 is 17.9 Å². The molecule has 7 heteroatoms. The SMILES string of the molecule is CCC(C)C(=O)O[C@@H]1OC=C2[C@@H]3C[C@@H]4C[C@]25[C@H]1C[C@@H](OC(=O)CC(C)C)[C@H]5[C@]4(C)C(=O)O3. The highest BCUT2D eigenvalue weighted by molar-refractivity contribution is 5.81. The maximum absolute atomic E-state index is 13.2. The van der Waals surface area contributed by atoms with Crippen LogP contribution in [-0.2, 0) is 33.3 Å². The standard InChI is InChI=1S/C25H34O7/c1-6-13(4)21(27)32-22-15-9-18(30-19(26)7-12(2)3)20-24(5)14-8-17(31-23(24)28)16(11-29-22)25(15,20)10-14/h11-15,17-18,20,22H,6-10H2,1-5H3/t13?,14-,15+,17+,18-,20+,22+,24-,25+/m1/s1. The summed E-state index contributed by atoms with van der Waals surface area (Å²) in [6.07, 6.45) is 3.32. The summed E-state index contributed by atoms with van der Waals surface area (Å²) in [4.78, 5) is 38.6. The van der Waals surface area contributed by atoms with Gasteiger partial charge in [0.05, 0.1) is 17.6 Å². The molecule has 0 aromatic heterocycles. The van der Waals surface area contributed by atoms with Crippen molar-refractivity contribution in [2.45, 2.75) is 85.2 Å². The van der Waals surface area contributed by atoms with E-state index in [-0.39, 0.29) is 53.6 Å². The minimum absolute atomic E-state index is 0.161. The highest BCUT2D eigenvalue weighted by atomic mass is 16.7. The third kappa shape index (κ3) is 2.75. The Morgan fingerprint density at radius 2 is 1.97 bits per heavy atom. The Morgan fingerprint density at radius 1 is 1.22 bits per heavy atom. The fourth-order valence-electron chi connectivity index (χ4n) is 7.37. The van der Waals surface area contributed by atoms with E-state index >= 15 is 0 Å². The summed E-state index contributed by atoms with van der Waals surface area (Å²) < 4.78 is 23.8. The lowest BCUT2D eigenvalue weighted by Gasteiger charge is -2.48. The minimum atomic E-state index is -0.744. The lowest BCUT2D eigenvalue weighted by Crippen LogP contribution is -2.49. The molecule has 0 amide bonds. The summed E-state index contributed by atoms with van der Waals surface area (Å²) in [5.74, 6) is -0.961. The van der Waals surface area contributed by atoms with Gasteiger partial charge in [-0.25, -0.2) is 0 Å². The topological polar surface area (TPSA) is 88.1 Å². The van der Waals surface area contributed by atoms with Crippen LogP contribution in [0.2, 0.25) is 0 Å². The molecule has 0 radical (unpaired) electrons. The van der Waals surface area contributed by atoms with E-state index in [1.54, 1.807) is 6.26 Å². The van der Waals surface area contributed by atoms with E-state index in [4.69, 9.17) is 18.9 Å². The van der Waals surface area contributed by atoms with E-state index in [1.807, 2.05) is 34.6 Å². The van der Waals surface area contributed by atoms with Gasteiger partial charge in [0.1, 0.15) is 12.2 Å². The molecular formula is C25H34O7. The Hall–Kier alpha value is -2.05. The maximum atomic E-state index is 13.2. The van der Waals surface area contributed by atoms with Crippen molar-refractivity contribution in [3.05, 3.63) is 11.8 Å². The van der Waals surface area contributed by atoms with Gasteiger partial charge in [-0.15, -0.1) is 0 Å². The van der Waals surface area contributed by atoms with Gasteiger partial charge in [0.25, 0.3) is 0 Å². The van der Waals surface area contributed by atoms with Crippen LogP contribution in [0.4, 0.5) is 0 Å². The van der Waals surface area contributed by atoms with Gasteiger partial charge in [0, 0.05) is 29.2 Å². The summed E-state index contributed by atoms with van der Waals surface area (Å²) in [6, 6.07) is 0. The largest absolute Gasteiger partial charge is 0.462 e. The highest BCUT2D eigenvalue weighted by Crippen LogP contribution is 2.77. The van der Waals surface area contributed by atoms with Crippen LogP contribution >= 0.6 is 0 Å². The predicted molar refractivity (Wildman–Crippen MR) is 113 cm³/mol. The molecule has 3 aliphatic carbocycles. The molecular weight excluding hydrogens is 412 g/mol. The monoisotopic (exact) mass is 446 g/mol. The Balaban J connectivity index is 1.54. The van der Waals surface area contributed by atoms with Crippen LogP contribution in [0, 0.1) is 40.4 Å². The van der Waals surface area contributed by atoms with Crippen LogP contribution in [0.3, 0.4) is 0 Å². The number of hydrogen-bond donors (Lipinski definition) is 0. The number of carbonyl (C=O) groups excluding carboxylic acids is 3. The van der Waals surface area contributed by atoms with Crippen LogP contribution in [0.5, 0.6) is 0 Å². The first-order chi connectivity index (χ1) is 15.1. The summed E-state index contributed by atoms with van der Waals surface area (Å²) in [5, 5.41) is 0. The quantitative estimate of drug-likeness (QED) is 0.453. The molecule has 7 nitrogen and oxygen atoms in total. The van der Waals surface area contributed by atoms with Crippen molar-refractivity contribution in [1.82, 2.24) is 0 Å². The lowest BCUT2D eigenvalue weighted by molar-refractivity contribution is -0.199. The molecule has 2 heterocycles. The zero-order valence-corrected chi connectivity index (χ0v) is 19.6. The Kier molecular flexibility index (Phi) is 4.92. The first kappa shape index (κ1) is 21.8. The van der Waals surface area contributed by atoms with Crippen molar-refractivity contribution in [2.75, 3.05) is 0 Å². The van der Waals surface area contributed by atoms with Crippen molar-refractivity contribution < 1.29 is 33.3 Å². The Bertz CT molecular complexity index is 878. The molecule has 1 spiro atoms. The van der Waals surface area contributed by atoms with Crippen LogP contribution < -0.4 is 0 Å². The number of hydrogen-bond acceptors (Lipinski definition) is 7. The zero-order valence-electron chi connectivity index (χ0n) is 19.6. The van der Waals surface area contributed by atoms with Crippen molar-refractivity contribution in [1.29, 1.82) is 0 Å². The Labute approximate surface area is 189 Å². The van der Waals surface area contributed by atoms with Gasteiger partial charge in [-0.1, -0.05) is 27.7 Å². The normalized spacial score (nSPS) is 43.8. The fraction of sp³-hybridized carbons (Fsp3) is 0.800. The maximum Gasteiger partial charge on any atom is 0.313 e. The van der Waals surface area contributed by atoms with Gasteiger partial charge in [-0.2, -0.15) is 0 Å². The molecule has 4 fully saturated rings. The molecule has 1 saturated heterocycles. The molecule has 2 aliphatic heterocycles. The van der Waals surface area contributed by atoms with E-state index in [0.717, 1.165) is 18.4 Å². The van der Waals surface area contributed by atoms with E-state index in [1.165, 1.54) is 0 Å². The van der Waals surface area contributed by atoms with Crippen molar-refractivity contribution in [2.24, 2.45) is 40.4 Å². The Morgan fingerprint density at radius 3 is 2.66 bits per heavy atom. The van der Waals surface area contributed by atoms with Crippen molar-refractivity contribution in [3.63, 3.8) is 0 Å². The summed E-state index contributed by atoms with van der Waals surface area (Å²) in [7, 11) is 0. The van der Waals surface area contributed by atoms with Gasteiger partial charge in [0.2, 0.25) is 6.29 Å². The summed E-state index contributed by atoms with van der Waals surface area (Å²) >= 11 is 0. The number of fused-ring (bicyclic) bond motifs is 3. The average Bonchev–Trinajstić information content (AvgIpc) is 3.12. The molecule has 1 unspecified atom stereocenters. The van der Waals surface area contributed by atoms with Gasteiger partial charge in [-0.05, 0) is 44.4 Å². The summed E-state index contributed by atoms with van der Waals surface area (Å²) in [5.41, 5.74) is -0.140. The summed E-state index contributed by atoms with van der Waals surface area (Å²) in [6.45, 7) is 9.75. The minimum Gasteiger partial charge on any atom is -0.462 e. The molecule has 3 bridgehead atoms. The molecule has 5 aliphatic rings. The number of rotatable bonds is 6. The predicted octanol–water partition coefficient (Wildman–Crippen LogP) is 3.75. The number of carbonyl (C=O) groups is 3. The molecule has 9 atom stereocenters. The van der Waals surface area contributed by atoms with Crippen LogP contribution in [-0.4, -0.2) is 36.4 Å². The molecule has 3 saturated carbocycles. The molecule has 32 heavy (non-hydrogen) atoms. The number of ether oxygens (including phenoxy) is 4. The third-order valence-corrected chi connectivity index (χ3v) is 8.99.